The zero-order valence-corrected chi connectivity index (χ0v) is 17.9. The molecule has 0 aliphatic carbocycles. The second-order valence-electron chi connectivity index (χ2n) is 8.08. The van der Waals surface area contributed by atoms with Gasteiger partial charge in [-0.15, -0.1) is 0 Å². The van der Waals surface area contributed by atoms with Crippen molar-refractivity contribution in [1.82, 2.24) is 23.9 Å². The van der Waals surface area contributed by atoms with Crippen LogP contribution in [0, 0.1) is 11.6 Å². The van der Waals surface area contributed by atoms with Crippen molar-refractivity contribution in [2.75, 3.05) is 0 Å². The molecule has 0 atom stereocenters. The third kappa shape index (κ3) is 3.23. The molecular formula is C24H23F2N5O. The molecule has 32 heavy (non-hydrogen) atoms. The zero-order chi connectivity index (χ0) is 22.4. The minimum absolute atomic E-state index is 0.350. The first-order valence-corrected chi connectivity index (χ1v) is 10.7. The van der Waals surface area contributed by atoms with Crippen LogP contribution in [0.15, 0.2) is 53.6 Å². The summed E-state index contributed by atoms with van der Waals surface area (Å²) in [6, 6.07) is 9.12. The molecule has 2 aromatic carbocycles. The first-order chi connectivity index (χ1) is 15.5. The predicted molar refractivity (Wildman–Crippen MR) is 121 cm³/mol. The number of nitrogens with one attached hydrogen (secondary N) is 1. The van der Waals surface area contributed by atoms with E-state index >= 15 is 0 Å². The number of hydrogen-bond donors (Lipinski definition) is 1. The van der Waals surface area contributed by atoms with Gasteiger partial charge in [0.2, 0.25) is 0 Å². The summed E-state index contributed by atoms with van der Waals surface area (Å²) in [4.78, 5) is 12.9. The molecule has 1 N–H and O–H groups in total. The third-order valence-corrected chi connectivity index (χ3v) is 5.93. The van der Waals surface area contributed by atoms with Gasteiger partial charge >= 0.3 is 5.69 Å². The quantitative estimate of drug-likeness (QED) is 0.375. The number of aromatic nitrogens is 5. The van der Waals surface area contributed by atoms with Crippen LogP contribution in [0.4, 0.5) is 8.78 Å². The van der Waals surface area contributed by atoms with Gasteiger partial charge in [-0.2, -0.15) is 5.10 Å². The summed E-state index contributed by atoms with van der Waals surface area (Å²) in [6.07, 6.45) is 6.83. The Labute approximate surface area is 182 Å². The van der Waals surface area contributed by atoms with Crippen LogP contribution >= 0.6 is 0 Å². The van der Waals surface area contributed by atoms with Crippen molar-refractivity contribution in [3.8, 4) is 17.1 Å². The Morgan fingerprint density at radius 1 is 0.969 bits per heavy atom. The van der Waals surface area contributed by atoms with Crippen molar-refractivity contribution in [2.24, 2.45) is 7.05 Å². The van der Waals surface area contributed by atoms with E-state index in [0.717, 1.165) is 36.8 Å². The molecule has 5 rings (SSSR count). The Bertz CT molecular complexity index is 1500. The number of fused-ring (bicyclic) bond motifs is 2. The van der Waals surface area contributed by atoms with Gasteiger partial charge in [0.1, 0.15) is 11.6 Å². The van der Waals surface area contributed by atoms with E-state index < -0.39 is 5.69 Å². The van der Waals surface area contributed by atoms with Crippen LogP contribution in [0.3, 0.4) is 0 Å². The molecule has 164 valence electrons. The van der Waals surface area contributed by atoms with Crippen molar-refractivity contribution in [3.63, 3.8) is 0 Å². The van der Waals surface area contributed by atoms with Gasteiger partial charge in [0, 0.05) is 47.8 Å². The van der Waals surface area contributed by atoms with Crippen LogP contribution in [-0.2, 0) is 13.6 Å². The Morgan fingerprint density at radius 2 is 1.69 bits per heavy atom. The lowest BCUT2D eigenvalue weighted by atomic mass is 10.1. The number of unbranched alkanes of at least 4 members (excludes halogenated alkanes) is 2. The van der Waals surface area contributed by atoms with Gasteiger partial charge in [0.15, 0.2) is 5.82 Å². The SMILES string of the molecule is CCCCCn1cc(-n2c(-c3cn(C)c4ccc(F)cc34)n[nH]c2=O)c2cc(F)ccc21. The predicted octanol–water partition coefficient (Wildman–Crippen LogP) is 5.14. The molecule has 5 aromatic rings. The van der Waals surface area contributed by atoms with E-state index in [4.69, 9.17) is 0 Å². The maximum absolute atomic E-state index is 14.2. The molecule has 0 unspecified atom stereocenters. The second-order valence-corrected chi connectivity index (χ2v) is 8.08. The van der Waals surface area contributed by atoms with E-state index in [1.54, 1.807) is 12.1 Å². The highest BCUT2D eigenvalue weighted by Crippen LogP contribution is 2.33. The first kappa shape index (κ1) is 20.2. The zero-order valence-electron chi connectivity index (χ0n) is 17.9. The molecule has 0 aliphatic heterocycles. The molecule has 0 aliphatic rings. The number of aryl methyl sites for hydroxylation is 2. The molecule has 8 heteroatoms. The lowest BCUT2D eigenvalue weighted by Crippen LogP contribution is -2.15. The smallest absolute Gasteiger partial charge is 0.348 e. The highest BCUT2D eigenvalue weighted by Gasteiger charge is 2.21. The third-order valence-electron chi connectivity index (χ3n) is 5.93. The molecular weight excluding hydrogens is 412 g/mol. The first-order valence-electron chi connectivity index (χ1n) is 10.7. The number of H-pyrrole nitrogens is 1. The topological polar surface area (TPSA) is 60.5 Å². The summed E-state index contributed by atoms with van der Waals surface area (Å²) >= 11 is 0. The Kier molecular flexibility index (Phi) is 4.92. The van der Waals surface area contributed by atoms with Gasteiger partial charge in [0.25, 0.3) is 0 Å². The van der Waals surface area contributed by atoms with Crippen LogP contribution < -0.4 is 5.69 Å². The number of rotatable bonds is 6. The molecule has 3 aromatic heterocycles. The van der Waals surface area contributed by atoms with Gasteiger partial charge < -0.3 is 9.13 Å². The summed E-state index contributed by atoms with van der Waals surface area (Å²) in [5.41, 5.74) is 2.38. The van der Waals surface area contributed by atoms with Gasteiger partial charge in [0.05, 0.1) is 11.2 Å². The van der Waals surface area contributed by atoms with Gasteiger partial charge in [-0.3, -0.25) is 0 Å². The van der Waals surface area contributed by atoms with Crippen molar-refractivity contribution in [2.45, 2.75) is 32.7 Å². The summed E-state index contributed by atoms with van der Waals surface area (Å²) in [5, 5.41) is 8.04. The Hall–Kier alpha value is -3.68. The fourth-order valence-corrected chi connectivity index (χ4v) is 4.39. The van der Waals surface area contributed by atoms with Crippen LogP contribution in [0.1, 0.15) is 26.2 Å². The summed E-state index contributed by atoms with van der Waals surface area (Å²) in [5.74, 6) is -0.401. The number of nitrogens with zero attached hydrogens (tertiary/aromatic N) is 4. The number of aromatic amines is 1. The van der Waals surface area contributed by atoms with E-state index in [0.29, 0.717) is 27.8 Å². The Morgan fingerprint density at radius 3 is 2.44 bits per heavy atom. The highest BCUT2D eigenvalue weighted by atomic mass is 19.1. The highest BCUT2D eigenvalue weighted by molar-refractivity contribution is 5.96. The molecule has 3 heterocycles. The van der Waals surface area contributed by atoms with Gasteiger partial charge in [-0.1, -0.05) is 19.8 Å². The van der Waals surface area contributed by atoms with Crippen LogP contribution in [-0.4, -0.2) is 23.9 Å². The maximum Gasteiger partial charge on any atom is 0.348 e. The van der Waals surface area contributed by atoms with Crippen molar-refractivity contribution < 1.29 is 8.78 Å². The molecule has 0 bridgehead atoms. The lowest BCUT2D eigenvalue weighted by molar-refractivity contribution is 0.614. The molecule has 0 fully saturated rings. The van der Waals surface area contributed by atoms with Crippen LogP contribution in [0.25, 0.3) is 38.9 Å². The monoisotopic (exact) mass is 435 g/mol. The van der Waals surface area contributed by atoms with E-state index in [2.05, 4.69) is 17.1 Å². The summed E-state index contributed by atoms with van der Waals surface area (Å²) in [6.45, 7) is 2.90. The number of halogens is 2. The van der Waals surface area contributed by atoms with E-state index in [-0.39, 0.29) is 11.6 Å². The molecule has 0 radical (unpaired) electrons. The fraction of sp³-hybridized carbons (Fsp3) is 0.250. The van der Waals surface area contributed by atoms with Crippen molar-refractivity contribution >= 4 is 21.8 Å². The van der Waals surface area contributed by atoms with E-state index in [9.17, 15) is 13.6 Å². The van der Waals surface area contributed by atoms with Crippen molar-refractivity contribution in [3.05, 3.63) is 70.9 Å². The average molecular weight is 435 g/mol. The molecule has 0 saturated heterocycles. The van der Waals surface area contributed by atoms with Crippen LogP contribution in [0.5, 0.6) is 0 Å². The largest absolute Gasteiger partial charge is 0.350 e. The number of hydrogen-bond acceptors (Lipinski definition) is 2. The Balaban J connectivity index is 1.75. The van der Waals surface area contributed by atoms with Gasteiger partial charge in [-0.25, -0.2) is 23.2 Å². The van der Waals surface area contributed by atoms with E-state index in [1.165, 1.54) is 28.8 Å². The normalized spacial score (nSPS) is 11.8. The average Bonchev–Trinajstić information content (AvgIpc) is 3.41. The minimum Gasteiger partial charge on any atom is -0.350 e. The standard InChI is InChI=1S/C24H23F2N5O/c1-3-4-5-10-30-14-22(18-12-16(26)7-9-21(18)30)31-23(27-28-24(31)32)19-13-29(2)20-8-6-15(25)11-17(19)20/h6-9,11-14H,3-5,10H2,1-2H3,(H,28,32). The lowest BCUT2D eigenvalue weighted by Gasteiger charge is -2.04. The van der Waals surface area contributed by atoms with Crippen molar-refractivity contribution in [1.29, 1.82) is 0 Å². The van der Waals surface area contributed by atoms with Crippen LogP contribution in [0.2, 0.25) is 0 Å². The van der Waals surface area contributed by atoms with Gasteiger partial charge in [-0.05, 0) is 42.8 Å². The molecule has 6 nitrogen and oxygen atoms in total. The minimum atomic E-state index is -0.440. The van der Waals surface area contributed by atoms with E-state index in [1.807, 2.05) is 28.6 Å². The maximum atomic E-state index is 14.2. The number of benzene rings is 2. The second kappa shape index (κ2) is 7.78. The molecule has 0 saturated carbocycles. The fourth-order valence-electron chi connectivity index (χ4n) is 4.39. The summed E-state index contributed by atoms with van der Waals surface area (Å²) in [7, 11) is 1.85. The molecule has 0 amide bonds. The summed E-state index contributed by atoms with van der Waals surface area (Å²) < 4.78 is 33.6. The molecule has 0 spiro atoms.